The summed E-state index contributed by atoms with van der Waals surface area (Å²) in [6.07, 6.45) is 0. The standard InChI is InChI=1S/C10H14NO2/c1-11-7-8-4-5-9(12-2)6-10(8)13-3/h4-6,11H,1,7H2,2-3H3. The Balaban J connectivity index is 2.93. The number of benzene rings is 1. The van der Waals surface area contributed by atoms with Crippen LogP contribution >= 0.6 is 0 Å². The molecule has 1 N–H and O–H groups in total. The maximum absolute atomic E-state index is 5.19. The van der Waals surface area contributed by atoms with E-state index >= 15 is 0 Å². The highest BCUT2D eigenvalue weighted by Gasteiger charge is 2.02. The van der Waals surface area contributed by atoms with Gasteiger partial charge in [-0.05, 0) is 6.07 Å². The van der Waals surface area contributed by atoms with Crippen LogP contribution in [0, 0.1) is 7.05 Å². The lowest BCUT2D eigenvalue weighted by atomic mass is 10.2. The average molecular weight is 180 g/mol. The molecule has 0 fully saturated rings. The Hall–Kier alpha value is -1.22. The van der Waals surface area contributed by atoms with Crippen LogP contribution in [0.1, 0.15) is 5.56 Å². The molecule has 3 heteroatoms. The third-order valence-electron chi connectivity index (χ3n) is 1.81. The zero-order chi connectivity index (χ0) is 9.68. The molecule has 0 saturated heterocycles. The van der Waals surface area contributed by atoms with E-state index in [1.165, 1.54) is 0 Å². The Morgan fingerprint density at radius 2 is 2.08 bits per heavy atom. The fourth-order valence-electron chi connectivity index (χ4n) is 1.13. The van der Waals surface area contributed by atoms with E-state index in [9.17, 15) is 0 Å². The predicted molar refractivity (Wildman–Crippen MR) is 51.7 cm³/mol. The smallest absolute Gasteiger partial charge is 0.127 e. The minimum Gasteiger partial charge on any atom is -0.497 e. The van der Waals surface area contributed by atoms with Crippen molar-refractivity contribution < 1.29 is 9.47 Å². The van der Waals surface area contributed by atoms with Crippen LogP contribution in [-0.4, -0.2) is 14.2 Å². The summed E-state index contributed by atoms with van der Waals surface area (Å²) >= 11 is 0. The maximum atomic E-state index is 5.19. The van der Waals surface area contributed by atoms with Gasteiger partial charge in [0.2, 0.25) is 0 Å². The van der Waals surface area contributed by atoms with Gasteiger partial charge in [-0.25, -0.2) is 0 Å². The molecule has 0 bridgehead atoms. The van der Waals surface area contributed by atoms with Gasteiger partial charge >= 0.3 is 0 Å². The van der Waals surface area contributed by atoms with E-state index in [4.69, 9.17) is 9.47 Å². The number of hydrogen-bond donors (Lipinski definition) is 1. The number of rotatable bonds is 4. The van der Waals surface area contributed by atoms with Gasteiger partial charge in [-0.2, -0.15) is 0 Å². The van der Waals surface area contributed by atoms with Crippen LogP contribution in [0.4, 0.5) is 0 Å². The topological polar surface area (TPSA) is 30.5 Å². The van der Waals surface area contributed by atoms with E-state index in [1.807, 2.05) is 18.2 Å². The summed E-state index contributed by atoms with van der Waals surface area (Å²) in [5.74, 6) is 1.61. The Labute approximate surface area is 78.7 Å². The molecule has 0 aliphatic rings. The molecule has 3 nitrogen and oxygen atoms in total. The van der Waals surface area contributed by atoms with Gasteiger partial charge in [0.25, 0.3) is 0 Å². The van der Waals surface area contributed by atoms with Crippen molar-refractivity contribution in [2.75, 3.05) is 14.2 Å². The Bertz CT molecular complexity index is 274. The highest BCUT2D eigenvalue weighted by Crippen LogP contribution is 2.24. The lowest BCUT2D eigenvalue weighted by molar-refractivity contribution is 0.390. The molecule has 13 heavy (non-hydrogen) atoms. The van der Waals surface area contributed by atoms with Crippen LogP contribution in [0.5, 0.6) is 11.5 Å². The molecule has 0 unspecified atom stereocenters. The van der Waals surface area contributed by atoms with Gasteiger partial charge in [-0.3, -0.25) is 0 Å². The Morgan fingerprint density at radius 3 is 2.62 bits per heavy atom. The van der Waals surface area contributed by atoms with Gasteiger partial charge in [0.05, 0.1) is 14.2 Å². The normalized spacial score (nSPS) is 9.77. The lowest BCUT2D eigenvalue weighted by Crippen LogP contribution is -2.04. The first-order valence-electron chi connectivity index (χ1n) is 4.02. The highest BCUT2D eigenvalue weighted by atomic mass is 16.5. The molecule has 0 aliphatic carbocycles. The van der Waals surface area contributed by atoms with Gasteiger partial charge in [-0.15, -0.1) is 0 Å². The number of hydrogen-bond acceptors (Lipinski definition) is 3. The summed E-state index contributed by atoms with van der Waals surface area (Å²) in [5, 5.41) is 2.83. The minimum absolute atomic E-state index is 0.688. The van der Waals surface area contributed by atoms with Gasteiger partial charge in [0.15, 0.2) is 0 Å². The van der Waals surface area contributed by atoms with Crippen LogP contribution in [0.2, 0.25) is 0 Å². The molecule has 0 aromatic heterocycles. The molecule has 0 saturated carbocycles. The van der Waals surface area contributed by atoms with Crippen molar-refractivity contribution in [1.29, 1.82) is 0 Å². The first-order chi connectivity index (χ1) is 6.31. The monoisotopic (exact) mass is 180 g/mol. The van der Waals surface area contributed by atoms with Gasteiger partial charge < -0.3 is 14.8 Å². The number of nitrogens with one attached hydrogen (secondary N) is 1. The molecule has 0 atom stereocenters. The van der Waals surface area contributed by atoms with Crippen molar-refractivity contribution >= 4 is 0 Å². The summed E-state index contributed by atoms with van der Waals surface area (Å²) < 4.78 is 10.3. The van der Waals surface area contributed by atoms with Crippen molar-refractivity contribution in [1.82, 2.24) is 5.32 Å². The summed E-state index contributed by atoms with van der Waals surface area (Å²) in [6.45, 7) is 0.688. The summed E-state index contributed by atoms with van der Waals surface area (Å²) in [5.41, 5.74) is 1.07. The van der Waals surface area contributed by atoms with Crippen LogP contribution in [0.3, 0.4) is 0 Å². The predicted octanol–water partition coefficient (Wildman–Crippen LogP) is 1.58. The van der Waals surface area contributed by atoms with Gasteiger partial charge in [-0.1, -0.05) is 6.07 Å². The molecule has 0 heterocycles. The SMILES string of the molecule is [CH2]NCc1ccc(OC)cc1OC. The summed E-state index contributed by atoms with van der Waals surface area (Å²) in [4.78, 5) is 0. The van der Waals surface area contributed by atoms with Crippen molar-refractivity contribution in [2.45, 2.75) is 6.54 Å². The fraction of sp³-hybridized carbons (Fsp3) is 0.300. The van der Waals surface area contributed by atoms with Gasteiger partial charge in [0.1, 0.15) is 11.5 Å². The Kier molecular flexibility index (Phi) is 3.58. The van der Waals surface area contributed by atoms with Crippen molar-refractivity contribution in [3.05, 3.63) is 30.8 Å². The fourth-order valence-corrected chi connectivity index (χ4v) is 1.13. The maximum Gasteiger partial charge on any atom is 0.127 e. The molecule has 71 valence electrons. The first kappa shape index (κ1) is 9.86. The van der Waals surface area contributed by atoms with E-state index in [1.54, 1.807) is 14.2 Å². The molecule has 0 aliphatic heterocycles. The zero-order valence-corrected chi connectivity index (χ0v) is 7.96. The molecule has 1 aromatic rings. The van der Waals surface area contributed by atoms with Crippen molar-refractivity contribution in [3.8, 4) is 11.5 Å². The molecule has 1 aromatic carbocycles. The van der Waals surface area contributed by atoms with E-state index in [2.05, 4.69) is 12.4 Å². The molecular formula is C10H14NO2. The van der Waals surface area contributed by atoms with Crippen LogP contribution in [0.15, 0.2) is 18.2 Å². The molecule has 1 radical (unpaired) electrons. The molecular weight excluding hydrogens is 166 g/mol. The Morgan fingerprint density at radius 1 is 1.31 bits per heavy atom. The second kappa shape index (κ2) is 4.72. The van der Waals surface area contributed by atoms with Gasteiger partial charge in [0, 0.05) is 25.2 Å². The molecule has 0 spiro atoms. The molecule has 0 amide bonds. The van der Waals surface area contributed by atoms with Crippen LogP contribution in [0.25, 0.3) is 0 Å². The van der Waals surface area contributed by atoms with Crippen molar-refractivity contribution in [3.63, 3.8) is 0 Å². The number of ether oxygens (including phenoxy) is 2. The quantitative estimate of drug-likeness (QED) is 0.763. The first-order valence-corrected chi connectivity index (χ1v) is 4.02. The second-order valence-corrected chi connectivity index (χ2v) is 2.60. The largest absolute Gasteiger partial charge is 0.497 e. The van der Waals surface area contributed by atoms with Crippen LogP contribution in [-0.2, 0) is 6.54 Å². The van der Waals surface area contributed by atoms with E-state index in [0.717, 1.165) is 17.1 Å². The average Bonchev–Trinajstić information content (AvgIpc) is 2.19. The lowest BCUT2D eigenvalue weighted by Gasteiger charge is -2.09. The second-order valence-electron chi connectivity index (χ2n) is 2.60. The summed E-state index contributed by atoms with van der Waals surface area (Å²) in [6, 6.07) is 5.71. The van der Waals surface area contributed by atoms with Crippen molar-refractivity contribution in [2.24, 2.45) is 0 Å². The molecule has 1 rings (SSSR count). The third kappa shape index (κ3) is 2.36. The highest BCUT2D eigenvalue weighted by molar-refractivity contribution is 5.40. The third-order valence-corrected chi connectivity index (χ3v) is 1.81. The minimum atomic E-state index is 0.688. The van der Waals surface area contributed by atoms with E-state index in [-0.39, 0.29) is 0 Å². The van der Waals surface area contributed by atoms with Crippen LogP contribution < -0.4 is 14.8 Å². The van der Waals surface area contributed by atoms with E-state index < -0.39 is 0 Å². The van der Waals surface area contributed by atoms with E-state index in [0.29, 0.717) is 6.54 Å². The zero-order valence-electron chi connectivity index (χ0n) is 7.96. The number of methoxy groups -OCH3 is 2. The summed E-state index contributed by atoms with van der Waals surface area (Å²) in [7, 11) is 6.84.